The van der Waals surface area contributed by atoms with Gasteiger partial charge in [-0.1, -0.05) is 13.8 Å². The molecule has 2 aliphatic heterocycles. The minimum absolute atomic E-state index is 0.00145. The van der Waals surface area contributed by atoms with E-state index in [0.29, 0.717) is 19.4 Å². The summed E-state index contributed by atoms with van der Waals surface area (Å²) in [5.41, 5.74) is -0.163. The van der Waals surface area contributed by atoms with Gasteiger partial charge in [-0.3, -0.25) is 14.5 Å². The molecule has 2 rings (SSSR count). The predicted octanol–water partition coefficient (Wildman–Crippen LogP) is 0.457. The summed E-state index contributed by atoms with van der Waals surface area (Å²) < 4.78 is 0. The third-order valence-electron chi connectivity index (χ3n) is 3.93. The molecule has 2 amide bonds. The smallest absolute Gasteiger partial charge is 0.229 e. The first kappa shape index (κ1) is 14.5. The number of likely N-dealkylation sites (tertiary alicyclic amines) is 1. The standard InChI is InChI=1S/C14H25N3O2/c1-14(2)10-12(18)17(13(19)11-14)7-3-6-16-8-4-15-5-9-16/h15H,3-11H2,1-2H3. The first-order chi connectivity index (χ1) is 8.98. The molecule has 0 saturated carbocycles. The zero-order valence-corrected chi connectivity index (χ0v) is 12.1. The second-order valence-corrected chi connectivity index (χ2v) is 6.40. The number of carbonyl (C=O) groups excluding carboxylic acids is 2. The summed E-state index contributed by atoms with van der Waals surface area (Å²) in [4.78, 5) is 27.8. The molecule has 0 aromatic rings. The van der Waals surface area contributed by atoms with Crippen LogP contribution in [0.1, 0.15) is 33.1 Å². The van der Waals surface area contributed by atoms with Crippen LogP contribution in [0.15, 0.2) is 0 Å². The van der Waals surface area contributed by atoms with Gasteiger partial charge in [0.15, 0.2) is 0 Å². The summed E-state index contributed by atoms with van der Waals surface area (Å²) in [6, 6.07) is 0. The molecule has 0 spiro atoms. The topological polar surface area (TPSA) is 52.7 Å². The van der Waals surface area contributed by atoms with Gasteiger partial charge >= 0.3 is 0 Å². The quantitative estimate of drug-likeness (QED) is 0.752. The van der Waals surface area contributed by atoms with Gasteiger partial charge in [0, 0.05) is 45.6 Å². The Hall–Kier alpha value is -0.940. The van der Waals surface area contributed by atoms with Crippen LogP contribution in [0.3, 0.4) is 0 Å². The molecule has 0 atom stereocenters. The minimum atomic E-state index is -0.163. The third-order valence-corrected chi connectivity index (χ3v) is 3.93. The molecule has 0 radical (unpaired) electrons. The zero-order valence-electron chi connectivity index (χ0n) is 12.1. The van der Waals surface area contributed by atoms with E-state index in [1.165, 1.54) is 4.90 Å². The Bertz CT molecular complexity index is 329. The molecule has 5 nitrogen and oxygen atoms in total. The van der Waals surface area contributed by atoms with Gasteiger partial charge in [-0.15, -0.1) is 0 Å². The largest absolute Gasteiger partial charge is 0.314 e. The van der Waals surface area contributed by atoms with E-state index in [9.17, 15) is 9.59 Å². The molecule has 5 heteroatoms. The number of imide groups is 1. The molecule has 108 valence electrons. The molecule has 1 N–H and O–H groups in total. The lowest BCUT2D eigenvalue weighted by Crippen LogP contribution is -2.48. The van der Waals surface area contributed by atoms with E-state index in [0.717, 1.165) is 39.1 Å². The molecule has 0 aromatic carbocycles. The van der Waals surface area contributed by atoms with Crippen LogP contribution in [-0.4, -0.2) is 60.9 Å². The molecule has 2 heterocycles. The van der Waals surface area contributed by atoms with Crippen LogP contribution in [0.25, 0.3) is 0 Å². The van der Waals surface area contributed by atoms with E-state index in [1.54, 1.807) is 0 Å². The summed E-state index contributed by atoms with van der Waals surface area (Å²) in [5, 5.41) is 3.32. The number of amides is 2. The Morgan fingerprint density at radius 3 is 2.21 bits per heavy atom. The van der Waals surface area contributed by atoms with Crippen molar-refractivity contribution in [3.05, 3.63) is 0 Å². The number of hydrogen-bond acceptors (Lipinski definition) is 4. The van der Waals surface area contributed by atoms with Crippen LogP contribution in [0.4, 0.5) is 0 Å². The molecule has 2 saturated heterocycles. The van der Waals surface area contributed by atoms with Gasteiger partial charge in [0.2, 0.25) is 11.8 Å². The second kappa shape index (κ2) is 6.01. The van der Waals surface area contributed by atoms with Crippen molar-refractivity contribution in [3.8, 4) is 0 Å². The highest BCUT2D eigenvalue weighted by Gasteiger charge is 2.36. The van der Waals surface area contributed by atoms with E-state index in [2.05, 4.69) is 10.2 Å². The molecule has 0 aliphatic carbocycles. The third kappa shape index (κ3) is 4.01. The number of piperidine rings is 1. The van der Waals surface area contributed by atoms with Gasteiger partial charge in [-0.25, -0.2) is 0 Å². The number of carbonyl (C=O) groups is 2. The maximum Gasteiger partial charge on any atom is 0.229 e. The van der Waals surface area contributed by atoms with Gasteiger partial charge in [0.25, 0.3) is 0 Å². The summed E-state index contributed by atoms with van der Waals surface area (Å²) in [6.45, 7) is 9.73. The lowest BCUT2D eigenvalue weighted by Gasteiger charge is -2.35. The van der Waals surface area contributed by atoms with Crippen molar-refractivity contribution in [1.29, 1.82) is 0 Å². The fourth-order valence-electron chi connectivity index (χ4n) is 2.85. The second-order valence-electron chi connectivity index (χ2n) is 6.40. The lowest BCUT2D eigenvalue weighted by molar-refractivity contribution is -0.152. The van der Waals surface area contributed by atoms with Gasteiger partial charge in [0.1, 0.15) is 0 Å². The fraction of sp³-hybridized carbons (Fsp3) is 0.857. The van der Waals surface area contributed by atoms with Crippen molar-refractivity contribution in [2.24, 2.45) is 5.41 Å². The molecular weight excluding hydrogens is 242 g/mol. The number of rotatable bonds is 4. The minimum Gasteiger partial charge on any atom is -0.314 e. The molecule has 0 bridgehead atoms. The van der Waals surface area contributed by atoms with E-state index >= 15 is 0 Å². The van der Waals surface area contributed by atoms with Crippen molar-refractivity contribution >= 4 is 11.8 Å². The fourth-order valence-corrected chi connectivity index (χ4v) is 2.85. The van der Waals surface area contributed by atoms with Gasteiger partial charge in [0.05, 0.1) is 0 Å². The van der Waals surface area contributed by atoms with E-state index < -0.39 is 0 Å². The highest BCUT2D eigenvalue weighted by atomic mass is 16.2. The van der Waals surface area contributed by atoms with Crippen LogP contribution < -0.4 is 5.32 Å². The number of hydrogen-bond donors (Lipinski definition) is 1. The maximum absolute atomic E-state index is 12.0. The van der Waals surface area contributed by atoms with Gasteiger partial charge in [-0.05, 0) is 18.4 Å². The summed E-state index contributed by atoms with van der Waals surface area (Å²) in [5.74, 6) is 0.00289. The van der Waals surface area contributed by atoms with Crippen LogP contribution in [0.2, 0.25) is 0 Å². The van der Waals surface area contributed by atoms with Crippen LogP contribution >= 0.6 is 0 Å². The van der Waals surface area contributed by atoms with Crippen molar-refractivity contribution in [1.82, 2.24) is 15.1 Å². The van der Waals surface area contributed by atoms with Crippen molar-refractivity contribution in [2.45, 2.75) is 33.1 Å². The van der Waals surface area contributed by atoms with Gasteiger partial charge in [-0.2, -0.15) is 0 Å². The van der Waals surface area contributed by atoms with Crippen LogP contribution in [0.5, 0.6) is 0 Å². The van der Waals surface area contributed by atoms with Crippen LogP contribution in [-0.2, 0) is 9.59 Å². The Balaban J connectivity index is 1.76. The maximum atomic E-state index is 12.0. The zero-order chi connectivity index (χ0) is 13.9. The summed E-state index contributed by atoms with van der Waals surface area (Å²) >= 11 is 0. The Labute approximate surface area is 115 Å². The molecule has 2 fully saturated rings. The van der Waals surface area contributed by atoms with Crippen molar-refractivity contribution < 1.29 is 9.59 Å². The molecule has 0 unspecified atom stereocenters. The van der Waals surface area contributed by atoms with E-state index in [1.807, 2.05) is 13.8 Å². The molecule has 2 aliphatic rings. The highest BCUT2D eigenvalue weighted by molar-refractivity contribution is 5.98. The molecule has 19 heavy (non-hydrogen) atoms. The van der Waals surface area contributed by atoms with Crippen LogP contribution in [0, 0.1) is 5.41 Å². The van der Waals surface area contributed by atoms with E-state index in [-0.39, 0.29) is 17.2 Å². The molecular formula is C14H25N3O2. The van der Waals surface area contributed by atoms with Crippen molar-refractivity contribution in [3.63, 3.8) is 0 Å². The first-order valence-electron chi connectivity index (χ1n) is 7.24. The van der Waals surface area contributed by atoms with E-state index in [4.69, 9.17) is 0 Å². The van der Waals surface area contributed by atoms with Gasteiger partial charge < -0.3 is 10.2 Å². The number of piperazine rings is 1. The molecule has 0 aromatic heterocycles. The predicted molar refractivity (Wildman–Crippen MR) is 73.7 cm³/mol. The summed E-state index contributed by atoms with van der Waals surface area (Å²) in [6.07, 6.45) is 1.87. The average Bonchev–Trinajstić information content (AvgIpc) is 2.32. The Morgan fingerprint density at radius 1 is 1.05 bits per heavy atom. The SMILES string of the molecule is CC1(C)CC(=O)N(CCCN2CCNCC2)C(=O)C1. The first-order valence-corrected chi connectivity index (χ1v) is 7.24. The summed E-state index contributed by atoms with van der Waals surface area (Å²) in [7, 11) is 0. The average molecular weight is 267 g/mol. The highest BCUT2D eigenvalue weighted by Crippen LogP contribution is 2.31. The Kier molecular flexibility index (Phi) is 4.58. The van der Waals surface area contributed by atoms with Crippen molar-refractivity contribution in [2.75, 3.05) is 39.3 Å². The number of nitrogens with zero attached hydrogens (tertiary/aromatic N) is 2. The monoisotopic (exact) mass is 267 g/mol. The Morgan fingerprint density at radius 2 is 1.63 bits per heavy atom. The lowest BCUT2D eigenvalue weighted by atomic mass is 9.82. The number of nitrogens with one attached hydrogen (secondary N) is 1. The normalized spacial score (nSPS) is 24.8.